The molecule has 16 heavy (non-hydrogen) atoms. The predicted molar refractivity (Wildman–Crippen MR) is 70.9 cm³/mol. The minimum atomic E-state index is 0.610. The van der Waals surface area contributed by atoms with E-state index in [1.165, 1.54) is 26.1 Å². The van der Waals surface area contributed by atoms with E-state index in [-0.39, 0.29) is 0 Å². The molecule has 96 valence electrons. The van der Waals surface area contributed by atoms with Crippen LogP contribution in [0.2, 0.25) is 0 Å². The Bertz CT molecular complexity index is 194. The van der Waals surface area contributed by atoms with E-state index in [9.17, 15) is 0 Å². The molecule has 0 aliphatic carbocycles. The van der Waals surface area contributed by atoms with Gasteiger partial charge in [-0.3, -0.25) is 4.90 Å². The topological polar surface area (TPSA) is 18.5 Å². The second-order valence-corrected chi connectivity index (χ2v) is 5.57. The van der Waals surface area contributed by atoms with Gasteiger partial charge < -0.3 is 10.2 Å². The van der Waals surface area contributed by atoms with Crippen LogP contribution in [0, 0.1) is 0 Å². The summed E-state index contributed by atoms with van der Waals surface area (Å²) in [6.07, 6.45) is 1.26. The lowest BCUT2D eigenvalue weighted by Gasteiger charge is -2.40. The van der Waals surface area contributed by atoms with Crippen LogP contribution in [0.3, 0.4) is 0 Å². The molecule has 0 saturated carbocycles. The number of likely N-dealkylation sites (N-methyl/N-ethyl adjacent to an activating group) is 1. The largest absolute Gasteiger partial charge is 0.314 e. The van der Waals surface area contributed by atoms with Crippen LogP contribution < -0.4 is 5.32 Å². The van der Waals surface area contributed by atoms with E-state index in [1.807, 2.05) is 0 Å². The molecule has 1 aliphatic heterocycles. The third-order valence-electron chi connectivity index (χ3n) is 3.73. The van der Waals surface area contributed by atoms with Gasteiger partial charge in [0.25, 0.3) is 0 Å². The van der Waals surface area contributed by atoms with Crippen LogP contribution in [0.1, 0.15) is 34.1 Å². The highest BCUT2D eigenvalue weighted by atomic mass is 15.3. The fourth-order valence-corrected chi connectivity index (χ4v) is 2.24. The Balaban J connectivity index is 2.23. The number of hydrogen-bond donors (Lipinski definition) is 1. The van der Waals surface area contributed by atoms with Crippen LogP contribution in [-0.4, -0.2) is 61.2 Å². The molecule has 1 aliphatic rings. The van der Waals surface area contributed by atoms with Gasteiger partial charge in [0.1, 0.15) is 0 Å². The van der Waals surface area contributed by atoms with Crippen LogP contribution in [0.25, 0.3) is 0 Å². The molecule has 1 heterocycles. The Hall–Kier alpha value is -0.120. The Morgan fingerprint density at radius 2 is 1.94 bits per heavy atom. The second kappa shape index (κ2) is 6.58. The highest BCUT2D eigenvalue weighted by molar-refractivity contribution is 4.80. The van der Waals surface area contributed by atoms with Gasteiger partial charge in [-0.15, -0.1) is 0 Å². The molecule has 2 atom stereocenters. The van der Waals surface area contributed by atoms with Crippen molar-refractivity contribution in [2.75, 3.05) is 33.2 Å². The third-order valence-corrected chi connectivity index (χ3v) is 3.73. The molecule has 0 aromatic carbocycles. The quantitative estimate of drug-likeness (QED) is 0.766. The Morgan fingerprint density at radius 1 is 1.25 bits per heavy atom. The maximum absolute atomic E-state index is 3.50. The van der Waals surface area contributed by atoms with Crippen molar-refractivity contribution in [3.8, 4) is 0 Å². The summed E-state index contributed by atoms with van der Waals surface area (Å²) < 4.78 is 0. The summed E-state index contributed by atoms with van der Waals surface area (Å²) in [6, 6.07) is 2.02. The maximum Gasteiger partial charge on any atom is 0.0192 e. The van der Waals surface area contributed by atoms with Gasteiger partial charge in [0.15, 0.2) is 0 Å². The molecule has 0 bridgehead atoms. The molecule has 1 saturated heterocycles. The van der Waals surface area contributed by atoms with Crippen molar-refractivity contribution in [1.82, 2.24) is 15.1 Å². The molecule has 1 N–H and O–H groups in total. The van der Waals surface area contributed by atoms with Gasteiger partial charge in [-0.1, -0.05) is 13.8 Å². The van der Waals surface area contributed by atoms with Gasteiger partial charge in [0.05, 0.1) is 0 Å². The summed E-state index contributed by atoms with van der Waals surface area (Å²) in [7, 11) is 2.23. The van der Waals surface area contributed by atoms with Crippen LogP contribution in [0.4, 0.5) is 0 Å². The molecule has 0 aromatic rings. The van der Waals surface area contributed by atoms with Gasteiger partial charge in [0, 0.05) is 37.8 Å². The second-order valence-electron chi connectivity index (χ2n) is 5.57. The van der Waals surface area contributed by atoms with Crippen molar-refractivity contribution in [3.63, 3.8) is 0 Å². The van der Waals surface area contributed by atoms with E-state index in [4.69, 9.17) is 0 Å². The molecular weight excluding hydrogens is 198 g/mol. The zero-order valence-electron chi connectivity index (χ0n) is 11.7. The first-order valence-corrected chi connectivity index (χ1v) is 6.68. The van der Waals surface area contributed by atoms with E-state index in [0.717, 1.165) is 6.54 Å². The normalized spacial score (nSPS) is 26.2. The van der Waals surface area contributed by atoms with Crippen molar-refractivity contribution in [2.45, 2.75) is 52.2 Å². The zero-order valence-corrected chi connectivity index (χ0v) is 11.7. The molecule has 2 unspecified atom stereocenters. The standard InChI is InChI=1S/C13H29N3/c1-11(2)14-7-6-12(3)16-9-8-15(5)13(4)10-16/h11-14H,6-10H2,1-5H3. The smallest absolute Gasteiger partial charge is 0.0192 e. The van der Waals surface area contributed by atoms with E-state index in [1.54, 1.807) is 0 Å². The first kappa shape index (κ1) is 13.9. The van der Waals surface area contributed by atoms with Gasteiger partial charge in [-0.05, 0) is 33.9 Å². The molecule has 3 heteroatoms. The minimum absolute atomic E-state index is 0.610. The highest BCUT2D eigenvalue weighted by Gasteiger charge is 2.23. The first-order valence-electron chi connectivity index (χ1n) is 6.68. The summed E-state index contributed by atoms with van der Waals surface area (Å²) in [5.41, 5.74) is 0. The SMILES string of the molecule is CC(C)NCCC(C)N1CCN(C)C(C)C1. The van der Waals surface area contributed by atoms with Crippen molar-refractivity contribution in [2.24, 2.45) is 0 Å². The number of rotatable bonds is 5. The van der Waals surface area contributed by atoms with Crippen molar-refractivity contribution >= 4 is 0 Å². The molecule has 1 fully saturated rings. The monoisotopic (exact) mass is 227 g/mol. The average molecular weight is 227 g/mol. The average Bonchev–Trinajstić information content (AvgIpc) is 2.21. The molecule has 0 spiro atoms. The van der Waals surface area contributed by atoms with E-state index in [0.29, 0.717) is 18.1 Å². The fraction of sp³-hybridized carbons (Fsp3) is 1.00. The summed E-state index contributed by atoms with van der Waals surface area (Å²) in [6.45, 7) is 13.9. The fourth-order valence-electron chi connectivity index (χ4n) is 2.24. The molecular formula is C13H29N3. The van der Waals surface area contributed by atoms with E-state index in [2.05, 4.69) is 49.9 Å². The molecule has 3 nitrogen and oxygen atoms in total. The van der Waals surface area contributed by atoms with Crippen LogP contribution in [-0.2, 0) is 0 Å². The van der Waals surface area contributed by atoms with E-state index >= 15 is 0 Å². The summed E-state index contributed by atoms with van der Waals surface area (Å²) in [4.78, 5) is 5.09. The van der Waals surface area contributed by atoms with E-state index < -0.39 is 0 Å². The van der Waals surface area contributed by atoms with Crippen molar-refractivity contribution in [1.29, 1.82) is 0 Å². The Labute approximate surface area is 101 Å². The minimum Gasteiger partial charge on any atom is -0.314 e. The van der Waals surface area contributed by atoms with Crippen molar-refractivity contribution < 1.29 is 0 Å². The van der Waals surface area contributed by atoms with Crippen LogP contribution in [0.15, 0.2) is 0 Å². The summed E-state index contributed by atoms with van der Waals surface area (Å²) in [5.74, 6) is 0. The molecule has 0 aromatic heterocycles. The predicted octanol–water partition coefficient (Wildman–Crippen LogP) is 1.40. The molecule has 0 amide bonds. The molecule has 1 rings (SSSR count). The lowest BCUT2D eigenvalue weighted by atomic mass is 10.1. The van der Waals surface area contributed by atoms with Gasteiger partial charge >= 0.3 is 0 Å². The molecule has 0 radical (unpaired) electrons. The van der Waals surface area contributed by atoms with Gasteiger partial charge in [0.2, 0.25) is 0 Å². The summed E-state index contributed by atoms with van der Waals surface area (Å²) in [5, 5.41) is 3.50. The van der Waals surface area contributed by atoms with Gasteiger partial charge in [-0.25, -0.2) is 0 Å². The Morgan fingerprint density at radius 3 is 2.50 bits per heavy atom. The number of nitrogens with zero attached hydrogens (tertiary/aromatic N) is 2. The van der Waals surface area contributed by atoms with Crippen LogP contribution in [0.5, 0.6) is 0 Å². The maximum atomic E-state index is 3.50. The lowest BCUT2D eigenvalue weighted by Crippen LogP contribution is -2.53. The number of hydrogen-bond acceptors (Lipinski definition) is 3. The Kier molecular flexibility index (Phi) is 5.73. The first-order chi connectivity index (χ1) is 7.50. The number of nitrogens with one attached hydrogen (secondary N) is 1. The van der Waals surface area contributed by atoms with Crippen molar-refractivity contribution in [3.05, 3.63) is 0 Å². The highest BCUT2D eigenvalue weighted by Crippen LogP contribution is 2.12. The number of piperazine rings is 1. The van der Waals surface area contributed by atoms with Crippen LogP contribution >= 0.6 is 0 Å². The van der Waals surface area contributed by atoms with Gasteiger partial charge in [-0.2, -0.15) is 0 Å². The zero-order chi connectivity index (χ0) is 12.1. The summed E-state index contributed by atoms with van der Waals surface area (Å²) >= 11 is 0. The third kappa shape index (κ3) is 4.40. The lowest BCUT2D eigenvalue weighted by molar-refractivity contribution is 0.0746.